The summed E-state index contributed by atoms with van der Waals surface area (Å²) >= 11 is 5.90. The van der Waals surface area contributed by atoms with E-state index in [2.05, 4.69) is 20.8 Å². The highest BCUT2D eigenvalue weighted by molar-refractivity contribution is 6.28. The molecule has 122 valence electrons. The third-order valence-corrected chi connectivity index (χ3v) is 5.18. The second-order valence-corrected chi connectivity index (χ2v) is 7.85. The molecule has 1 aliphatic heterocycles. The van der Waals surface area contributed by atoms with Crippen LogP contribution in [0.15, 0.2) is 28.5 Å². The van der Waals surface area contributed by atoms with Crippen molar-refractivity contribution in [1.82, 2.24) is 5.06 Å². The summed E-state index contributed by atoms with van der Waals surface area (Å²) in [4.78, 5) is 5.77. The number of hydrogen-bond acceptors (Lipinski definition) is 4. The molecule has 5 heteroatoms. The maximum absolute atomic E-state index is 5.90. The van der Waals surface area contributed by atoms with Crippen LogP contribution in [0.1, 0.15) is 58.3 Å². The van der Waals surface area contributed by atoms with Crippen LogP contribution < -0.4 is 5.73 Å². The Morgan fingerprint density at radius 1 is 1.18 bits per heavy atom. The molecular weight excluding hydrogens is 300 g/mol. The van der Waals surface area contributed by atoms with Gasteiger partial charge in [0.05, 0.1) is 0 Å². The van der Waals surface area contributed by atoms with Gasteiger partial charge in [-0.2, -0.15) is 0 Å². The first-order valence-electron chi connectivity index (χ1n) is 8.03. The van der Waals surface area contributed by atoms with E-state index in [1.807, 2.05) is 17.2 Å². The molecule has 1 atom stereocenters. The summed E-state index contributed by atoms with van der Waals surface area (Å²) in [6, 6.07) is 3.93. The first-order valence-corrected chi connectivity index (χ1v) is 8.41. The van der Waals surface area contributed by atoms with Crippen molar-refractivity contribution in [2.75, 3.05) is 0 Å². The molecule has 0 amide bonds. The Balaban J connectivity index is 1.70. The molecule has 0 aromatic carbocycles. The molecule has 0 spiro atoms. The first kappa shape index (κ1) is 15.8. The van der Waals surface area contributed by atoms with E-state index in [4.69, 9.17) is 26.6 Å². The molecule has 22 heavy (non-hydrogen) atoms. The van der Waals surface area contributed by atoms with Crippen molar-refractivity contribution in [3.05, 3.63) is 35.1 Å². The largest absolute Gasteiger partial charge is 0.448 e. The molecule has 2 aliphatic rings. The van der Waals surface area contributed by atoms with Gasteiger partial charge in [0.25, 0.3) is 0 Å². The standard InChI is InChI=1S/C17H25ClN2O2/c1-17(2,3)11-4-6-12(7-5-11)20-13(10-16(19)22-20)14-8-9-15(18)21-14/h8-13H,4-7,19H2,1-3H3. The summed E-state index contributed by atoms with van der Waals surface area (Å²) in [6.45, 7) is 6.99. The Morgan fingerprint density at radius 2 is 1.86 bits per heavy atom. The van der Waals surface area contributed by atoms with E-state index in [0.29, 0.717) is 22.6 Å². The number of nitrogens with two attached hydrogens (primary N) is 1. The maximum atomic E-state index is 5.90. The summed E-state index contributed by atoms with van der Waals surface area (Å²) in [7, 11) is 0. The molecule has 1 saturated carbocycles. The van der Waals surface area contributed by atoms with Crippen molar-refractivity contribution in [2.24, 2.45) is 17.1 Å². The lowest BCUT2D eigenvalue weighted by Gasteiger charge is -2.40. The third-order valence-electron chi connectivity index (χ3n) is 4.97. The van der Waals surface area contributed by atoms with E-state index < -0.39 is 0 Å². The Kier molecular flexibility index (Phi) is 4.17. The highest BCUT2D eigenvalue weighted by Crippen LogP contribution is 2.42. The van der Waals surface area contributed by atoms with Crippen LogP contribution in [-0.2, 0) is 4.84 Å². The lowest BCUT2D eigenvalue weighted by atomic mass is 9.71. The summed E-state index contributed by atoms with van der Waals surface area (Å²) < 4.78 is 5.56. The van der Waals surface area contributed by atoms with E-state index in [-0.39, 0.29) is 6.04 Å². The number of hydrogen-bond donors (Lipinski definition) is 1. The molecule has 1 aromatic heterocycles. The predicted molar refractivity (Wildman–Crippen MR) is 86.9 cm³/mol. The van der Waals surface area contributed by atoms with Crippen LogP contribution in [0.4, 0.5) is 0 Å². The second kappa shape index (κ2) is 5.82. The topological polar surface area (TPSA) is 51.6 Å². The van der Waals surface area contributed by atoms with E-state index in [9.17, 15) is 0 Å². The van der Waals surface area contributed by atoms with Gasteiger partial charge in [-0.3, -0.25) is 0 Å². The van der Waals surface area contributed by atoms with E-state index in [0.717, 1.165) is 24.5 Å². The first-order chi connectivity index (χ1) is 10.3. The average Bonchev–Trinajstić information content (AvgIpc) is 3.04. The zero-order valence-corrected chi connectivity index (χ0v) is 14.3. The number of nitrogens with zero attached hydrogens (tertiary/aromatic N) is 1. The van der Waals surface area contributed by atoms with Crippen molar-refractivity contribution < 1.29 is 9.25 Å². The van der Waals surface area contributed by atoms with Gasteiger partial charge in [-0.15, -0.1) is 5.06 Å². The van der Waals surface area contributed by atoms with Crippen molar-refractivity contribution in [1.29, 1.82) is 0 Å². The van der Waals surface area contributed by atoms with Gasteiger partial charge in [-0.1, -0.05) is 20.8 Å². The molecule has 0 saturated heterocycles. The molecule has 1 aromatic rings. The van der Waals surface area contributed by atoms with Crippen LogP contribution in [-0.4, -0.2) is 11.1 Å². The Morgan fingerprint density at radius 3 is 2.41 bits per heavy atom. The number of halogens is 1. The minimum absolute atomic E-state index is 0.0799. The summed E-state index contributed by atoms with van der Waals surface area (Å²) in [5.41, 5.74) is 6.26. The molecule has 2 heterocycles. The van der Waals surface area contributed by atoms with Crippen LogP contribution in [0, 0.1) is 11.3 Å². The van der Waals surface area contributed by atoms with E-state index >= 15 is 0 Å². The van der Waals surface area contributed by atoms with Crippen molar-refractivity contribution in [3.63, 3.8) is 0 Å². The maximum Gasteiger partial charge on any atom is 0.207 e. The fourth-order valence-electron chi connectivity index (χ4n) is 3.63. The molecule has 2 N–H and O–H groups in total. The zero-order valence-electron chi connectivity index (χ0n) is 13.5. The van der Waals surface area contributed by atoms with Crippen molar-refractivity contribution in [2.45, 2.75) is 58.5 Å². The molecule has 1 fully saturated rings. The fourth-order valence-corrected chi connectivity index (χ4v) is 3.78. The molecular formula is C17H25ClN2O2. The van der Waals surface area contributed by atoms with Crippen LogP contribution in [0.5, 0.6) is 0 Å². The van der Waals surface area contributed by atoms with Gasteiger partial charge >= 0.3 is 0 Å². The van der Waals surface area contributed by atoms with Gasteiger partial charge in [0.1, 0.15) is 11.8 Å². The number of hydroxylamine groups is 2. The van der Waals surface area contributed by atoms with E-state index in [1.165, 1.54) is 12.8 Å². The lowest BCUT2D eigenvalue weighted by molar-refractivity contribution is -0.166. The number of rotatable bonds is 2. The summed E-state index contributed by atoms with van der Waals surface area (Å²) in [5, 5.41) is 2.38. The molecule has 0 bridgehead atoms. The van der Waals surface area contributed by atoms with Gasteiger partial charge in [-0.25, -0.2) is 0 Å². The summed E-state index contributed by atoms with van der Waals surface area (Å²) in [6.07, 6.45) is 6.58. The van der Waals surface area contributed by atoms with Gasteiger partial charge in [0.15, 0.2) is 5.22 Å². The SMILES string of the molecule is CC(C)(C)C1CCC(N2OC(N)=CC2c2ccc(Cl)o2)CC1. The second-order valence-electron chi connectivity index (χ2n) is 7.48. The lowest BCUT2D eigenvalue weighted by Crippen LogP contribution is -2.39. The fraction of sp³-hybridized carbons (Fsp3) is 0.647. The Bertz CT molecular complexity index is 553. The highest BCUT2D eigenvalue weighted by Gasteiger charge is 2.39. The van der Waals surface area contributed by atoms with Crippen LogP contribution in [0.25, 0.3) is 0 Å². The van der Waals surface area contributed by atoms with Crippen molar-refractivity contribution in [3.8, 4) is 0 Å². The zero-order chi connectivity index (χ0) is 15.9. The highest BCUT2D eigenvalue weighted by atomic mass is 35.5. The quantitative estimate of drug-likeness (QED) is 0.862. The normalized spacial score (nSPS) is 30.2. The van der Waals surface area contributed by atoms with Gasteiger partial charge in [0.2, 0.25) is 5.88 Å². The van der Waals surface area contributed by atoms with E-state index in [1.54, 1.807) is 6.07 Å². The minimum Gasteiger partial charge on any atom is -0.448 e. The minimum atomic E-state index is -0.0799. The Labute approximate surface area is 137 Å². The molecule has 4 nitrogen and oxygen atoms in total. The molecule has 0 radical (unpaired) electrons. The van der Waals surface area contributed by atoms with Crippen molar-refractivity contribution >= 4 is 11.6 Å². The predicted octanol–water partition coefficient (Wildman–Crippen LogP) is 4.63. The van der Waals surface area contributed by atoms with Gasteiger partial charge in [0, 0.05) is 12.1 Å². The van der Waals surface area contributed by atoms with Crippen LogP contribution in [0.2, 0.25) is 5.22 Å². The monoisotopic (exact) mass is 324 g/mol. The smallest absolute Gasteiger partial charge is 0.207 e. The molecule has 1 aliphatic carbocycles. The molecule has 3 rings (SSSR count). The molecule has 1 unspecified atom stereocenters. The van der Waals surface area contributed by atoms with Crippen LogP contribution >= 0.6 is 11.6 Å². The third kappa shape index (κ3) is 3.13. The Hall–Kier alpha value is -1.13. The van der Waals surface area contributed by atoms with Gasteiger partial charge < -0.3 is 15.0 Å². The number of furan rings is 1. The average molecular weight is 325 g/mol. The van der Waals surface area contributed by atoms with Crippen LogP contribution in [0.3, 0.4) is 0 Å². The summed E-state index contributed by atoms with van der Waals surface area (Å²) in [5.74, 6) is 1.99. The van der Waals surface area contributed by atoms with Gasteiger partial charge in [-0.05, 0) is 60.7 Å².